The topological polar surface area (TPSA) is 88.2 Å². The first-order chi connectivity index (χ1) is 11.0. The summed E-state index contributed by atoms with van der Waals surface area (Å²) in [5.41, 5.74) is 1.66. The monoisotopic (exact) mass is 351 g/mol. The molecule has 1 aliphatic heterocycles. The standard InChI is InChI=1S/C15H17N3O3S2/c19-15(17-11-5-6-23(20,21)8-11)16-10-3-4-12-13(7-10)22-14(18-12)9-1-2-9/h3-4,7,9,11H,1-2,5-6,8H2,(H2,16,17,19)/t11-/m0/s1. The van der Waals surface area contributed by atoms with Crippen molar-refractivity contribution >= 4 is 43.1 Å². The number of carbonyl (C=O) groups is 1. The predicted octanol–water partition coefficient (Wildman–Crippen LogP) is 2.48. The quantitative estimate of drug-likeness (QED) is 0.889. The van der Waals surface area contributed by atoms with E-state index in [1.165, 1.54) is 17.8 Å². The van der Waals surface area contributed by atoms with Crippen LogP contribution in [0.3, 0.4) is 0 Å². The number of aromatic nitrogens is 1. The number of sulfone groups is 1. The largest absolute Gasteiger partial charge is 0.334 e. The fraction of sp³-hybridized carbons (Fsp3) is 0.467. The Labute approximate surface area is 138 Å². The fourth-order valence-corrected chi connectivity index (χ4v) is 5.64. The molecule has 1 aliphatic carbocycles. The Balaban J connectivity index is 1.43. The minimum absolute atomic E-state index is 0.0268. The van der Waals surface area contributed by atoms with E-state index in [4.69, 9.17) is 0 Å². The highest BCUT2D eigenvalue weighted by Crippen LogP contribution is 2.43. The number of nitrogens with zero attached hydrogens (tertiary/aromatic N) is 1. The van der Waals surface area contributed by atoms with Crippen LogP contribution < -0.4 is 10.6 Å². The summed E-state index contributed by atoms with van der Waals surface area (Å²) < 4.78 is 23.9. The summed E-state index contributed by atoms with van der Waals surface area (Å²) >= 11 is 1.68. The molecule has 2 heterocycles. The molecule has 2 aliphatic rings. The average Bonchev–Trinajstić information content (AvgIpc) is 3.16. The van der Waals surface area contributed by atoms with Crippen molar-refractivity contribution in [3.63, 3.8) is 0 Å². The molecule has 2 aromatic rings. The van der Waals surface area contributed by atoms with Crippen LogP contribution in [-0.2, 0) is 9.84 Å². The number of anilines is 1. The molecule has 4 rings (SSSR count). The highest BCUT2D eigenvalue weighted by atomic mass is 32.2. The molecule has 6 nitrogen and oxygen atoms in total. The number of hydrogen-bond donors (Lipinski definition) is 2. The molecule has 1 aromatic carbocycles. The summed E-state index contributed by atoms with van der Waals surface area (Å²) in [5, 5.41) is 6.68. The zero-order valence-corrected chi connectivity index (χ0v) is 14.0. The number of carbonyl (C=O) groups excluding carboxylic acids is 1. The third kappa shape index (κ3) is 3.32. The van der Waals surface area contributed by atoms with Gasteiger partial charge in [0.1, 0.15) is 0 Å². The van der Waals surface area contributed by atoms with Crippen LogP contribution in [0, 0.1) is 0 Å². The van der Waals surface area contributed by atoms with Crippen molar-refractivity contribution in [3.8, 4) is 0 Å². The van der Waals surface area contributed by atoms with Gasteiger partial charge >= 0.3 is 6.03 Å². The van der Waals surface area contributed by atoms with E-state index >= 15 is 0 Å². The molecule has 0 spiro atoms. The van der Waals surface area contributed by atoms with Crippen LogP contribution in [0.25, 0.3) is 10.2 Å². The molecule has 0 radical (unpaired) electrons. The number of benzene rings is 1. The summed E-state index contributed by atoms with van der Waals surface area (Å²) in [4.78, 5) is 16.6. The van der Waals surface area contributed by atoms with E-state index in [0.717, 1.165) is 10.2 Å². The molecule has 1 saturated carbocycles. The van der Waals surface area contributed by atoms with E-state index in [2.05, 4.69) is 15.6 Å². The Morgan fingerprint density at radius 2 is 2.09 bits per heavy atom. The highest BCUT2D eigenvalue weighted by molar-refractivity contribution is 7.91. The predicted molar refractivity (Wildman–Crippen MR) is 90.8 cm³/mol. The van der Waals surface area contributed by atoms with Gasteiger partial charge in [0.2, 0.25) is 0 Å². The zero-order valence-electron chi connectivity index (χ0n) is 12.4. The minimum Gasteiger partial charge on any atom is -0.334 e. The number of rotatable bonds is 3. The van der Waals surface area contributed by atoms with Crippen LogP contribution in [0.4, 0.5) is 10.5 Å². The van der Waals surface area contributed by atoms with Gasteiger partial charge in [-0.25, -0.2) is 18.2 Å². The number of nitrogens with one attached hydrogen (secondary N) is 2. The first-order valence-corrected chi connectivity index (χ1v) is 10.3. The first kappa shape index (κ1) is 14.9. The van der Waals surface area contributed by atoms with Gasteiger partial charge in [-0.3, -0.25) is 0 Å². The molecule has 0 bridgehead atoms. The van der Waals surface area contributed by atoms with Crippen LogP contribution in [-0.4, -0.2) is 37.0 Å². The minimum atomic E-state index is -2.99. The maximum absolute atomic E-state index is 12.0. The fourth-order valence-electron chi connectivity index (χ4n) is 2.79. The lowest BCUT2D eigenvalue weighted by Crippen LogP contribution is -2.38. The summed E-state index contributed by atoms with van der Waals surface area (Å²) in [6, 6.07) is 4.99. The lowest BCUT2D eigenvalue weighted by molar-refractivity contribution is 0.249. The van der Waals surface area contributed by atoms with E-state index in [-0.39, 0.29) is 23.6 Å². The van der Waals surface area contributed by atoms with Crippen molar-refractivity contribution in [2.24, 2.45) is 0 Å². The van der Waals surface area contributed by atoms with Crippen molar-refractivity contribution < 1.29 is 13.2 Å². The molecular formula is C15H17N3O3S2. The Morgan fingerprint density at radius 1 is 1.26 bits per heavy atom. The second-order valence-electron chi connectivity index (χ2n) is 6.21. The van der Waals surface area contributed by atoms with Crippen LogP contribution in [0.1, 0.15) is 30.2 Å². The number of fused-ring (bicyclic) bond motifs is 1. The number of thiazole rings is 1. The van der Waals surface area contributed by atoms with Gasteiger partial charge in [0.15, 0.2) is 9.84 Å². The van der Waals surface area contributed by atoms with Gasteiger partial charge in [0.05, 0.1) is 26.7 Å². The number of amides is 2. The van der Waals surface area contributed by atoms with Gasteiger partial charge in [0, 0.05) is 17.6 Å². The van der Waals surface area contributed by atoms with E-state index in [1.807, 2.05) is 18.2 Å². The van der Waals surface area contributed by atoms with E-state index in [9.17, 15) is 13.2 Å². The maximum Gasteiger partial charge on any atom is 0.319 e. The number of hydrogen-bond acceptors (Lipinski definition) is 5. The molecule has 2 amide bonds. The Kier molecular flexibility index (Phi) is 3.53. The summed E-state index contributed by atoms with van der Waals surface area (Å²) in [7, 11) is -2.99. The van der Waals surface area contributed by atoms with Gasteiger partial charge < -0.3 is 10.6 Å². The summed E-state index contributed by atoms with van der Waals surface area (Å²) in [6.07, 6.45) is 2.92. The third-order valence-corrected chi connectivity index (χ3v) is 7.11. The Hall–Kier alpha value is -1.67. The molecule has 122 valence electrons. The van der Waals surface area contributed by atoms with Crippen LogP contribution >= 0.6 is 11.3 Å². The van der Waals surface area contributed by atoms with Crippen molar-refractivity contribution in [1.82, 2.24) is 10.3 Å². The molecule has 0 unspecified atom stereocenters. The molecule has 2 fully saturated rings. The van der Waals surface area contributed by atoms with Crippen LogP contribution in [0.2, 0.25) is 0 Å². The zero-order chi connectivity index (χ0) is 16.0. The van der Waals surface area contributed by atoms with E-state index in [1.54, 1.807) is 11.3 Å². The van der Waals surface area contributed by atoms with Gasteiger partial charge in [-0.05, 0) is 37.5 Å². The smallest absolute Gasteiger partial charge is 0.319 e. The molecule has 23 heavy (non-hydrogen) atoms. The van der Waals surface area contributed by atoms with Crippen LogP contribution in [0.15, 0.2) is 18.2 Å². The van der Waals surface area contributed by atoms with Crippen LogP contribution in [0.5, 0.6) is 0 Å². The van der Waals surface area contributed by atoms with Crippen molar-refractivity contribution in [2.75, 3.05) is 16.8 Å². The molecule has 2 N–H and O–H groups in total. The summed E-state index contributed by atoms with van der Waals surface area (Å²) in [5.74, 6) is 0.796. The number of urea groups is 1. The Bertz CT molecular complexity index is 871. The third-order valence-electron chi connectivity index (χ3n) is 4.16. The normalized spacial score (nSPS) is 23.0. The van der Waals surface area contributed by atoms with Crippen molar-refractivity contribution in [3.05, 3.63) is 23.2 Å². The summed E-state index contributed by atoms with van der Waals surface area (Å²) in [6.45, 7) is 0. The van der Waals surface area contributed by atoms with Gasteiger partial charge in [-0.1, -0.05) is 0 Å². The maximum atomic E-state index is 12.0. The average molecular weight is 351 g/mol. The van der Waals surface area contributed by atoms with Crippen molar-refractivity contribution in [2.45, 2.75) is 31.2 Å². The van der Waals surface area contributed by atoms with Crippen molar-refractivity contribution in [1.29, 1.82) is 0 Å². The molecule has 1 aromatic heterocycles. The Morgan fingerprint density at radius 3 is 2.78 bits per heavy atom. The lowest BCUT2D eigenvalue weighted by atomic mass is 10.2. The molecule has 1 atom stereocenters. The molecular weight excluding hydrogens is 334 g/mol. The highest BCUT2D eigenvalue weighted by Gasteiger charge is 2.29. The second-order valence-corrected chi connectivity index (χ2v) is 9.50. The van der Waals surface area contributed by atoms with Gasteiger partial charge in [-0.15, -0.1) is 11.3 Å². The van der Waals surface area contributed by atoms with E-state index < -0.39 is 9.84 Å². The second kappa shape index (κ2) is 5.45. The molecule has 8 heteroatoms. The lowest BCUT2D eigenvalue weighted by Gasteiger charge is -2.12. The van der Waals surface area contributed by atoms with Gasteiger partial charge in [-0.2, -0.15) is 0 Å². The van der Waals surface area contributed by atoms with Gasteiger partial charge in [0.25, 0.3) is 0 Å². The molecule has 1 saturated heterocycles. The van der Waals surface area contributed by atoms with E-state index in [0.29, 0.717) is 18.0 Å². The first-order valence-electron chi connectivity index (χ1n) is 7.67. The SMILES string of the molecule is O=C(Nc1ccc2nc(C3CC3)sc2c1)N[C@H]1CCS(=O)(=O)C1.